The number of anilines is 1. The molecule has 0 radical (unpaired) electrons. The van der Waals surface area contributed by atoms with Gasteiger partial charge >= 0.3 is 6.03 Å². The number of hydrogen-bond acceptors (Lipinski definition) is 5. The molecular formula is C16H24N6O2. The molecule has 3 heterocycles. The van der Waals surface area contributed by atoms with Crippen molar-refractivity contribution in [1.29, 1.82) is 0 Å². The van der Waals surface area contributed by atoms with Crippen LogP contribution in [-0.2, 0) is 4.79 Å². The molecule has 24 heavy (non-hydrogen) atoms. The molecule has 130 valence electrons. The lowest BCUT2D eigenvalue weighted by molar-refractivity contribution is -0.127. The Bertz CT molecular complexity index is 559. The summed E-state index contributed by atoms with van der Waals surface area (Å²) < 4.78 is 0. The van der Waals surface area contributed by atoms with E-state index in [9.17, 15) is 9.59 Å². The quantitative estimate of drug-likeness (QED) is 0.786. The van der Waals surface area contributed by atoms with Gasteiger partial charge in [0.15, 0.2) is 0 Å². The molecule has 2 fully saturated rings. The van der Waals surface area contributed by atoms with Crippen molar-refractivity contribution < 1.29 is 9.59 Å². The Morgan fingerprint density at radius 3 is 2.54 bits per heavy atom. The first kappa shape index (κ1) is 16.5. The third-order valence-electron chi connectivity index (χ3n) is 4.45. The number of carbonyl (C=O) groups is 2. The van der Waals surface area contributed by atoms with Crippen molar-refractivity contribution in [3.63, 3.8) is 0 Å². The first-order chi connectivity index (χ1) is 11.7. The Morgan fingerprint density at radius 1 is 1.12 bits per heavy atom. The summed E-state index contributed by atoms with van der Waals surface area (Å²) in [5.41, 5.74) is 0. The van der Waals surface area contributed by atoms with Gasteiger partial charge < -0.3 is 20.0 Å². The molecule has 2 saturated heterocycles. The maximum Gasteiger partial charge on any atom is 0.317 e. The van der Waals surface area contributed by atoms with Crippen molar-refractivity contribution in [2.75, 3.05) is 50.7 Å². The lowest BCUT2D eigenvalue weighted by Gasteiger charge is -2.34. The van der Waals surface area contributed by atoms with Crippen molar-refractivity contribution in [3.05, 3.63) is 18.5 Å². The van der Waals surface area contributed by atoms with Gasteiger partial charge in [0.1, 0.15) is 0 Å². The minimum atomic E-state index is -0.0311. The molecule has 1 aromatic rings. The molecule has 1 aromatic heterocycles. The zero-order valence-corrected chi connectivity index (χ0v) is 13.9. The van der Waals surface area contributed by atoms with Crippen LogP contribution < -0.4 is 10.2 Å². The molecule has 3 rings (SSSR count). The largest absolute Gasteiger partial charge is 0.343 e. The summed E-state index contributed by atoms with van der Waals surface area (Å²) >= 11 is 0. The summed E-state index contributed by atoms with van der Waals surface area (Å²) in [4.78, 5) is 38.0. The molecule has 0 aliphatic carbocycles. The van der Waals surface area contributed by atoms with E-state index < -0.39 is 0 Å². The van der Waals surface area contributed by atoms with E-state index in [1.54, 1.807) is 18.5 Å². The summed E-state index contributed by atoms with van der Waals surface area (Å²) in [5, 5.41) is 2.95. The van der Waals surface area contributed by atoms with Gasteiger partial charge in [-0.1, -0.05) is 0 Å². The smallest absolute Gasteiger partial charge is 0.317 e. The average molecular weight is 332 g/mol. The second kappa shape index (κ2) is 7.94. The zero-order chi connectivity index (χ0) is 16.8. The van der Waals surface area contributed by atoms with Crippen LogP contribution in [0.2, 0.25) is 0 Å². The molecule has 0 unspecified atom stereocenters. The summed E-state index contributed by atoms with van der Waals surface area (Å²) in [6.07, 6.45) is 5.89. The molecule has 2 aliphatic heterocycles. The third-order valence-corrected chi connectivity index (χ3v) is 4.45. The topological polar surface area (TPSA) is 81.7 Å². The van der Waals surface area contributed by atoms with Gasteiger partial charge in [0.25, 0.3) is 0 Å². The van der Waals surface area contributed by atoms with E-state index in [0.717, 1.165) is 39.0 Å². The van der Waals surface area contributed by atoms with Gasteiger partial charge in [-0.15, -0.1) is 0 Å². The minimum Gasteiger partial charge on any atom is -0.343 e. The van der Waals surface area contributed by atoms with Crippen LogP contribution in [0.25, 0.3) is 0 Å². The summed E-state index contributed by atoms with van der Waals surface area (Å²) in [7, 11) is 0. The van der Waals surface area contributed by atoms with Crippen LogP contribution in [0.1, 0.15) is 19.3 Å². The molecule has 0 bridgehead atoms. The SMILES string of the molecule is O=C1CCCN1CCCNC(=O)N1CCN(c2ncccn2)CC1. The van der Waals surface area contributed by atoms with Crippen LogP contribution in [-0.4, -0.2) is 77.5 Å². The minimum absolute atomic E-state index is 0.0311. The van der Waals surface area contributed by atoms with E-state index in [2.05, 4.69) is 20.2 Å². The second-order valence-corrected chi connectivity index (χ2v) is 6.09. The number of amides is 3. The maximum absolute atomic E-state index is 12.2. The first-order valence-corrected chi connectivity index (χ1v) is 8.56. The standard InChI is InChI=1S/C16H24N6O2/c23-14-4-1-8-20(14)9-3-7-19-16(24)22-12-10-21(11-13-22)15-17-5-2-6-18-15/h2,5-6H,1,3-4,7-13H2,(H,19,24). The van der Waals surface area contributed by atoms with Crippen molar-refractivity contribution in [2.45, 2.75) is 19.3 Å². The Hall–Kier alpha value is -2.38. The molecule has 0 spiro atoms. The number of piperazine rings is 1. The lowest BCUT2D eigenvalue weighted by Crippen LogP contribution is -2.52. The normalized spacial score (nSPS) is 18.2. The van der Waals surface area contributed by atoms with Gasteiger partial charge in [0.2, 0.25) is 11.9 Å². The van der Waals surface area contributed by atoms with Gasteiger partial charge in [-0.2, -0.15) is 0 Å². The van der Waals surface area contributed by atoms with Crippen molar-refractivity contribution >= 4 is 17.9 Å². The summed E-state index contributed by atoms with van der Waals surface area (Å²) in [5.74, 6) is 0.952. The van der Waals surface area contributed by atoms with E-state index >= 15 is 0 Å². The van der Waals surface area contributed by atoms with Crippen LogP contribution in [0.4, 0.5) is 10.7 Å². The Balaban J connectivity index is 1.34. The Labute approximate surface area is 141 Å². The van der Waals surface area contributed by atoms with Crippen molar-refractivity contribution in [2.24, 2.45) is 0 Å². The number of aromatic nitrogens is 2. The van der Waals surface area contributed by atoms with Gasteiger partial charge in [-0.05, 0) is 18.9 Å². The van der Waals surface area contributed by atoms with Crippen molar-refractivity contribution in [3.8, 4) is 0 Å². The maximum atomic E-state index is 12.2. The van der Waals surface area contributed by atoms with E-state index in [1.807, 2.05) is 9.80 Å². The highest BCUT2D eigenvalue weighted by molar-refractivity contribution is 5.78. The Morgan fingerprint density at radius 2 is 1.88 bits per heavy atom. The van der Waals surface area contributed by atoms with Gasteiger partial charge in [0.05, 0.1) is 0 Å². The fourth-order valence-electron chi connectivity index (χ4n) is 3.08. The van der Waals surface area contributed by atoms with Crippen molar-refractivity contribution in [1.82, 2.24) is 25.1 Å². The molecule has 2 aliphatic rings. The monoisotopic (exact) mass is 332 g/mol. The van der Waals surface area contributed by atoms with Crippen LogP contribution in [0.5, 0.6) is 0 Å². The molecule has 1 N–H and O–H groups in total. The molecule has 8 heteroatoms. The highest BCUT2D eigenvalue weighted by Gasteiger charge is 2.22. The van der Waals surface area contributed by atoms with Gasteiger partial charge in [-0.25, -0.2) is 14.8 Å². The van der Waals surface area contributed by atoms with Crippen LogP contribution in [0, 0.1) is 0 Å². The highest BCUT2D eigenvalue weighted by Crippen LogP contribution is 2.10. The number of urea groups is 1. The third kappa shape index (κ3) is 4.12. The fourth-order valence-corrected chi connectivity index (χ4v) is 3.08. The number of nitrogens with zero attached hydrogens (tertiary/aromatic N) is 5. The van der Waals surface area contributed by atoms with Crippen LogP contribution in [0.3, 0.4) is 0 Å². The number of likely N-dealkylation sites (tertiary alicyclic amines) is 1. The van der Waals surface area contributed by atoms with E-state index in [1.165, 1.54) is 0 Å². The summed E-state index contributed by atoms with van der Waals surface area (Å²) in [6.45, 7) is 4.99. The number of rotatable bonds is 5. The van der Waals surface area contributed by atoms with E-state index in [0.29, 0.717) is 32.0 Å². The van der Waals surface area contributed by atoms with E-state index in [-0.39, 0.29) is 11.9 Å². The van der Waals surface area contributed by atoms with Crippen LogP contribution in [0.15, 0.2) is 18.5 Å². The molecule has 8 nitrogen and oxygen atoms in total. The van der Waals surface area contributed by atoms with Crippen LogP contribution >= 0.6 is 0 Å². The van der Waals surface area contributed by atoms with E-state index in [4.69, 9.17) is 0 Å². The fraction of sp³-hybridized carbons (Fsp3) is 0.625. The highest BCUT2D eigenvalue weighted by atomic mass is 16.2. The molecule has 0 saturated carbocycles. The molecule has 3 amide bonds. The predicted molar refractivity (Wildman–Crippen MR) is 89.6 cm³/mol. The molecule has 0 aromatic carbocycles. The summed E-state index contributed by atoms with van der Waals surface area (Å²) in [6, 6.07) is 1.76. The molecular weight excluding hydrogens is 308 g/mol. The lowest BCUT2D eigenvalue weighted by atomic mass is 10.3. The zero-order valence-electron chi connectivity index (χ0n) is 13.9. The average Bonchev–Trinajstić information content (AvgIpc) is 3.04. The number of hydrogen-bond donors (Lipinski definition) is 1. The van der Waals surface area contributed by atoms with Gasteiger partial charge in [-0.3, -0.25) is 4.79 Å². The van der Waals surface area contributed by atoms with Gasteiger partial charge in [0, 0.05) is 64.6 Å². The molecule has 0 atom stereocenters. The first-order valence-electron chi connectivity index (χ1n) is 8.56. The number of carbonyl (C=O) groups excluding carboxylic acids is 2. The second-order valence-electron chi connectivity index (χ2n) is 6.09. The predicted octanol–water partition coefficient (Wildman–Crippen LogP) is 0.321. The number of nitrogens with one attached hydrogen (secondary N) is 1. The Kier molecular flexibility index (Phi) is 5.45.